The van der Waals surface area contributed by atoms with Crippen molar-refractivity contribution in [3.8, 4) is 0 Å². The van der Waals surface area contributed by atoms with Crippen LogP contribution in [0.1, 0.15) is 24.1 Å². The first-order valence-corrected chi connectivity index (χ1v) is 8.98. The first-order valence-electron chi connectivity index (χ1n) is 8.98. The van der Waals surface area contributed by atoms with Gasteiger partial charge in [-0.2, -0.15) is 5.10 Å². The largest absolute Gasteiger partial charge is 0.300 e. The summed E-state index contributed by atoms with van der Waals surface area (Å²) in [5.74, 6) is 0. The predicted octanol–water partition coefficient (Wildman–Crippen LogP) is 3.82. The molecule has 1 aromatic heterocycles. The zero-order valence-electron chi connectivity index (χ0n) is 14.4. The van der Waals surface area contributed by atoms with E-state index in [-0.39, 0.29) is 0 Å². The first-order chi connectivity index (χ1) is 11.8. The third-order valence-corrected chi connectivity index (χ3v) is 5.37. The summed E-state index contributed by atoms with van der Waals surface area (Å²) in [6, 6.07) is 18.3. The molecular formula is C21H25N3. The fourth-order valence-electron chi connectivity index (χ4n) is 3.93. The normalized spacial score (nSPS) is 18.5. The standard InChI is InChI=1S/C21H25N3/c1-23-20(10-12-22-23)16-21-7-4-13-24(21)14-11-17-8-9-18-5-2-3-6-19(18)15-17/h2-3,5-6,8-10,12,15,21H,4,7,11,13-14,16H2,1H3/t21-/m0/s1. The van der Waals surface area contributed by atoms with Crippen molar-refractivity contribution < 1.29 is 0 Å². The maximum atomic E-state index is 4.30. The molecule has 1 fully saturated rings. The average Bonchev–Trinajstić information content (AvgIpc) is 3.22. The molecule has 0 aliphatic carbocycles. The van der Waals surface area contributed by atoms with Crippen LogP contribution >= 0.6 is 0 Å². The number of likely N-dealkylation sites (tertiary alicyclic amines) is 1. The fraction of sp³-hybridized carbons (Fsp3) is 0.381. The first kappa shape index (κ1) is 15.4. The topological polar surface area (TPSA) is 21.1 Å². The summed E-state index contributed by atoms with van der Waals surface area (Å²) in [6.07, 6.45) is 6.79. The van der Waals surface area contributed by atoms with E-state index in [1.54, 1.807) is 0 Å². The van der Waals surface area contributed by atoms with E-state index in [9.17, 15) is 0 Å². The van der Waals surface area contributed by atoms with Crippen LogP contribution in [-0.2, 0) is 19.9 Å². The van der Waals surface area contributed by atoms with E-state index >= 15 is 0 Å². The Hall–Kier alpha value is -2.13. The van der Waals surface area contributed by atoms with Gasteiger partial charge >= 0.3 is 0 Å². The Balaban J connectivity index is 1.41. The summed E-state index contributed by atoms with van der Waals surface area (Å²) < 4.78 is 2.01. The molecule has 0 N–H and O–H groups in total. The Morgan fingerprint density at radius 1 is 1.08 bits per heavy atom. The van der Waals surface area contributed by atoms with Crippen LogP contribution in [0.2, 0.25) is 0 Å². The summed E-state index contributed by atoms with van der Waals surface area (Å²) in [4.78, 5) is 2.67. The Bertz CT molecular complexity index is 821. The number of benzene rings is 2. The van der Waals surface area contributed by atoms with Gasteiger partial charge in [-0.25, -0.2) is 0 Å². The van der Waals surface area contributed by atoms with Crippen molar-refractivity contribution in [2.24, 2.45) is 7.05 Å². The maximum absolute atomic E-state index is 4.30. The molecule has 24 heavy (non-hydrogen) atoms. The number of rotatable bonds is 5. The van der Waals surface area contributed by atoms with Crippen molar-refractivity contribution in [1.82, 2.24) is 14.7 Å². The lowest BCUT2D eigenvalue weighted by Gasteiger charge is -2.24. The van der Waals surface area contributed by atoms with Crippen molar-refractivity contribution in [2.75, 3.05) is 13.1 Å². The Morgan fingerprint density at radius 2 is 1.96 bits per heavy atom. The Kier molecular flexibility index (Phi) is 4.35. The molecule has 0 amide bonds. The van der Waals surface area contributed by atoms with Gasteiger partial charge in [-0.05, 0) is 48.2 Å². The van der Waals surface area contributed by atoms with Gasteiger partial charge in [-0.15, -0.1) is 0 Å². The number of nitrogens with zero attached hydrogens (tertiary/aromatic N) is 3. The lowest BCUT2D eigenvalue weighted by atomic mass is 10.0. The van der Waals surface area contributed by atoms with Gasteiger partial charge in [-0.1, -0.05) is 42.5 Å². The molecule has 1 aliphatic rings. The molecule has 4 rings (SSSR count). The molecule has 124 valence electrons. The van der Waals surface area contributed by atoms with Gasteiger partial charge in [0.2, 0.25) is 0 Å². The van der Waals surface area contributed by atoms with E-state index < -0.39 is 0 Å². The molecule has 0 bridgehead atoms. The highest BCUT2D eigenvalue weighted by molar-refractivity contribution is 5.82. The molecule has 3 heteroatoms. The summed E-state index contributed by atoms with van der Waals surface area (Å²) in [6.45, 7) is 2.39. The minimum absolute atomic E-state index is 0.667. The second-order valence-corrected chi connectivity index (χ2v) is 6.91. The molecule has 0 radical (unpaired) electrons. The third-order valence-electron chi connectivity index (χ3n) is 5.37. The van der Waals surface area contributed by atoms with Crippen LogP contribution in [0.3, 0.4) is 0 Å². The third kappa shape index (κ3) is 3.22. The van der Waals surface area contributed by atoms with Gasteiger partial charge in [-0.3, -0.25) is 9.58 Å². The monoisotopic (exact) mass is 319 g/mol. The van der Waals surface area contributed by atoms with Crippen molar-refractivity contribution in [3.63, 3.8) is 0 Å². The van der Waals surface area contributed by atoms with Crippen LogP contribution in [0.15, 0.2) is 54.7 Å². The van der Waals surface area contributed by atoms with Gasteiger partial charge < -0.3 is 0 Å². The van der Waals surface area contributed by atoms with Gasteiger partial charge in [0.05, 0.1) is 0 Å². The van der Waals surface area contributed by atoms with E-state index in [1.165, 1.54) is 41.4 Å². The number of aromatic nitrogens is 2. The highest BCUT2D eigenvalue weighted by Gasteiger charge is 2.25. The van der Waals surface area contributed by atoms with Crippen molar-refractivity contribution in [3.05, 3.63) is 66.0 Å². The lowest BCUT2D eigenvalue weighted by Crippen LogP contribution is -2.33. The zero-order valence-corrected chi connectivity index (χ0v) is 14.4. The molecule has 1 saturated heterocycles. The SMILES string of the molecule is Cn1nccc1C[C@@H]1CCCN1CCc1ccc2ccccc2c1. The summed E-state index contributed by atoms with van der Waals surface area (Å²) >= 11 is 0. The molecule has 0 saturated carbocycles. The van der Waals surface area contributed by atoms with E-state index in [1.807, 2.05) is 17.9 Å². The van der Waals surface area contributed by atoms with Crippen molar-refractivity contribution >= 4 is 10.8 Å². The van der Waals surface area contributed by atoms with Gasteiger partial charge in [0.25, 0.3) is 0 Å². The van der Waals surface area contributed by atoms with E-state index in [2.05, 4.69) is 58.5 Å². The Morgan fingerprint density at radius 3 is 2.79 bits per heavy atom. The quantitative estimate of drug-likeness (QED) is 0.713. The lowest BCUT2D eigenvalue weighted by molar-refractivity contribution is 0.253. The molecule has 0 unspecified atom stereocenters. The Labute approximate surface area is 143 Å². The van der Waals surface area contributed by atoms with Crippen molar-refractivity contribution in [2.45, 2.75) is 31.7 Å². The van der Waals surface area contributed by atoms with Crippen LogP contribution in [0.25, 0.3) is 10.8 Å². The van der Waals surface area contributed by atoms with E-state index in [4.69, 9.17) is 0 Å². The van der Waals surface area contributed by atoms with Crippen LogP contribution in [0, 0.1) is 0 Å². The highest BCUT2D eigenvalue weighted by atomic mass is 15.3. The van der Waals surface area contributed by atoms with E-state index in [0.717, 1.165) is 19.4 Å². The van der Waals surface area contributed by atoms with Crippen molar-refractivity contribution in [1.29, 1.82) is 0 Å². The second kappa shape index (κ2) is 6.78. The second-order valence-electron chi connectivity index (χ2n) is 6.91. The van der Waals surface area contributed by atoms with Crippen LogP contribution < -0.4 is 0 Å². The molecule has 2 aromatic carbocycles. The van der Waals surface area contributed by atoms with Gasteiger partial charge in [0.1, 0.15) is 0 Å². The number of fused-ring (bicyclic) bond motifs is 1. The molecular weight excluding hydrogens is 294 g/mol. The molecule has 3 aromatic rings. The number of hydrogen-bond donors (Lipinski definition) is 0. The minimum Gasteiger partial charge on any atom is -0.300 e. The summed E-state index contributed by atoms with van der Waals surface area (Å²) in [5, 5.41) is 6.98. The molecule has 1 atom stereocenters. The van der Waals surface area contributed by atoms with E-state index in [0.29, 0.717) is 6.04 Å². The molecule has 0 spiro atoms. The smallest absolute Gasteiger partial charge is 0.0492 e. The summed E-state index contributed by atoms with van der Waals surface area (Å²) in [7, 11) is 2.05. The number of hydrogen-bond acceptors (Lipinski definition) is 2. The van der Waals surface area contributed by atoms with Crippen LogP contribution in [0.5, 0.6) is 0 Å². The molecule has 1 aliphatic heterocycles. The van der Waals surface area contributed by atoms with Crippen LogP contribution in [-0.4, -0.2) is 33.8 Å². The minimum atomic E-state index is 0.667. The molecule has 3 nitrogen and oxygen atoms in total. The maximum Gasteiger partial charge on any atom is 0.0492 e. The fourth-order valence-corrected chi connectivity index (χ4v) is 3.93. The zero-order chi connectivity index (χ0) is 16.4. The van der Waals surface area contributed by atoms with Gasteiger partial charge in [0, 0.05) is 37.9 Å². The average molecular weight is 319 g/mol. The highest BCUT2D eigenvalue weighted by Crippen LogP contribution is 2.22. The predicted molar refractivity (Wildman–Crippen MR) is 99.2 cm³/mol. The molecule has 2 heterocycles. The summed E-state index contributed by atoms with van der Waals surface area (Å²) in [5.41, 5.74) is 2.79. The number of aryl methyl sites for hydroxylation is 1. The van der Waals surface area contributed by atoms with Gasteiger partial charge in [0.15, 0.2) is 0 Å². The van der Waals surface area contributed by atoms with Crippen LogP contribution in [0.4, 0.5) is 0 Å².